The van der Waals surface area contributed by atoms with Crippen molar-refractivity contribution in [2.45, 2.75) is 9.92 Å². The van der Waals surface area contributed by atoms with E-state index in [4.69, 9.17) is 0 Å². The molecule has 5 rings (SSSR count). The summed E-state index contributed by atoms with van der Waals surface area (Å²) in [6.45, 7) is 3.83. The Morgan fingerprint density at radius 1 is 0.900 bits per heavy atom. The van der Waals surface area contributed by atoms with Gasteiger partial charge in [-0.25, -0.2) is 8.42 Å². The van der Waals surface area contributed by atoms with Crippen LogP contribution in [0.5, 0.6) is 0 Å². The van der Waals surface area contributed by atoms with Crippen molar-refractivity contribution in [3.8, 4) is 0 Å². The van der Waals surface area contributed by atoms with Crippen LogP contribution in [0.4, 0.5) is 5.69 Å². The molecule has 1 aliphatic heterocycles. The zero-order valence-electron chi connectivity index (χ0n) is 16.6. The number of benzene rings is 3. The smallest absolute Gasteiger partial charge is 0.224 e. The maximum atomic E-state index is 13.6. The van der Waals surface area contributed by atoms with Crippen molar-refractivity contribution < 1.29 is 8.42 Å². The van der Waals surface area contributed by atoms with Crippen LogP contribution in [-0.4, -0.2) is 56.7 Å². The van der Waals surface area contributed by atoms with Gasteiger partial charge in [0.1, 0.15) is 0 Å². The van der Waals surface area contributed by atoms with Gasteiger partial charge in [-0.1, -0.05) is 36.4 Å². The molecule has 0 aliphatic carbocycles. The Morgan fingerprint density at radius 2 is 1.63 bits per heavy atom. The molecule has 0 radical (unpaired) electrons. The van der Waals surface area contributed by atoms with Crippen molar-refractivity contribution in [3.63, 3.8) is 0 Å². The first kappa shape index (κ1) is 20.7. The molecule has 1 aromatic heterocycles. The van der Waals surface area contributed by atoms with Gasteiger partial charge in [0.25, 0.3) is 0 Å². The highest BCUT2D eigenvalue weighted by molar-refractivity contribution is 7.91. The van der Waals surface area contributed by atoms with Crippen LogP contribution in [0.2, 0.25) is 0 Å². The fraction of sp³-hybridized carbons (Fsp3) is 0.227. The third-order valence-corrected chi connectivity index (χ3v) is 7.46. The third kappa shape index (κ3) is 3.43. The van der Waals surface area contributed by atoms with E-state index in [1.807, 2.05) is 48.5 Å². The summed E-state index contributed by atoms with van der Waals surface area (Å²) in [6, 6.07) is 18.8. The van der Waals surface area contributed by atoms with Crippen LogP contribution in [-0.2, 0) is 9.84 Å². The van der Waals surface area contributed by atoms with Crippen LogP contribution >= 0.6 is 12.4 Å². The van der Waals surface area contributed by atoms with E-state index in [0.29, 0.717) is 21.2 Å². The van der Waals surface area contributed by atoms with Crippen LogP contribution in [0, 0.1) is 0 Å². The number of rotatable bonds is 3. The van der Waals surface area contributed by atoms with Crippen LogP contribution < -0.4 is 4.90 Å². The first-order valence-electron chi connectivity index (χ1n) is 9.68. The molecular formula is C22H23ClN4O2S. The third-order valence-electron chi connectivity index (χ3n) is 5.68. The highest BCUT2D eigenvalue weighted by atomic mass is 35.5. The number of aromatic amines is 1. The average molecular weight is 443 g/mol. The van der Waals surface area contributed by atoms with Crippen molar-refractivity contribution in [3.05, 3.63) is 60.7 Å². The van der Waals surface area contributed by atoms with Crippen molar-refractivity contribution >= 4 is 49.6 Å². The minimum absolute atomic E-state index is 0. The predicted molar refractivity (Wildman–Crippen MR) is 122 cm³/mol. The minimum atomic E-state index is -3.75. The highest BCUT2D eigenvalue weighted by Crippen LogP contribution is 2.32. The molecule has 30 heavy (non-hydrogen) atoms. The topological polar surface area (TPSA) is 69.3 Å². The summed E-state index contributed by atoms with van der Waals surface area (Å²) in [4.78, 5) is 4.88. The molecule has 0 amide bonds. The maximum Gasteiger partial charge on any atom is 0.224 e. The molecule has 0 atom stereocenters. The fourth-order valence-electron chi connectivity index (χ4n) is 3.98. The zero-order chi connectivity index (χ0) is 20.0. The molecule has 1 saturated heterocycles. The molecule has 0 saturated carbocycles. The van der Waals surface area contributed by atoms with Gasteiger partial charge in [0, 0.05) is 42.6 Å². The van der Waals surface area contributed by atoms with Gasteiger partial charge in [-0.2, -0.15) is 5.10 Å². The van der Waals surface area contributed by atoms with Crippen molar-refractivity contribution in [1.29, 1.82) is 0 Å². The Hall–Kier alpha value is -2.61. The second-order valence-electron chi connectivity index (χ2n) is 7.53. The molecule has 3 aromatic carbocycles. The summed E-state index contributed by atoms with van der Waals surface area (Å²) in [5, 5.41) is 9.45. The molecule has 0 bridgehead atoms. The number of fused-ring (bicyclic) bond motifs is 2. The van der Waals surface area contributed by atoms with Crippen LogP contribution in [0.15, 0.2) is 70.6 Å². The van der Waals surface area contributed by atoms with Gasteiger partial charge in [0.2, 0.25) is 9.84 Å². The largest absolute Gasteiger partial charge is 0.369 e. The number of nitrogens with zero attached hydrogens (tertiary/aromatic N) is 3. The molecule has 0 unspecified atom stereocenters. The fourth-order valence-corrected chi connectivity index (χ4v) is 5.55. The number of hydrogen-bond acceptors (Lipinski definition) is 5. The average Bonchev–Trinajstić information content (AvgIpc) is 3.18. The zero-order valence-corrected chi connectivity index (χ0v) is 18.2. The number of sulfone groups is 1. The van der Waals surface area contributed by atoms with Gasteiger partial charge in [0.05, 0.1) is 10.4 Å². The monoisotopic (exact) mass is 442 g/mol. The Balaban J connectivity index is 0.00000218. The van der Waals surface area contributed by atoms with Gasteiger partial charge in [-0.15, -0.1) is 12.4 Å². The number of likely N-dealkylation sites (N-methyl/N-ethyl adjacent to an activating group) is 1. The summed E-state index contributed by atoms with van der Waals surface area (Å²) in [5.41, 5.74) is 1.68. The molecule has 156 valence electrons. The number of piperazine rings is 1. The second-order valence-corrected chi connectivity index (χ2v) is 9.38. The molecule has 8 heteroatoms. The summed E-state index contributed by atoms with van der Waals surface area (Å²) < 4.78 is 27.1. The Morgan fingerprint density at radius 3 is 2.43 bits per heavy atom. The molecule has 1 N–H and O–H groups in total. The Labute approximate surface area is 181 Å². The number of H-pyrrole nitrogens is 1. The number of hydrogen-bond donors (Lipinski definition) is 1. The SMILES string of the molecule is CN1CCN(c2ccc3n[nH]c(S(=O)(=O)c4cccc5ccccc45)c3c2)CC1.Cl. The van der Waals surface area contributed by atoms with Crippen molar-refractivity contribution in [1.82, 2.24) is 15.1 Å². The summed E-state index contributed by atoms with van der Waals surface area (Å²) in [7, 11) is -1.63. The second kappa shape index (κ2) is 7.91. The minimum Gasteiger partial charge on any atom is -0.369 e. The van der Waals surface area contributed by atoms with E-state index in [1.165, 1.54) is 0 Å². The quantitative estimate of drug-likeness (QED) is 0.523. The summed E-state index contributed by atoms with van der Waals surface area (Å²) in [6.07, 6.45) is 0. The van der Waals surface area contributed by atoms with Gasteiger partial charge < -0.3 is 9.80 Å². The standard InChI is InChI=1S/C22H22N4O2S.ClH/c1-25-11-13-26(14-12-25)17-9-10-20-19(15-17)22(24-23-20)29(27,28)21-8-4-6-16-5-2-3-7-18(16)21;/h2-10,15H,11-14H2,1H3,(H,23,24);1H. The molecule has 1 fully saturated rings. The van der Waals surface area contributed by atoms with E-state index in [1.54, 1.807) is 12.1 Å². The van der Waals surface area contributed by atoms with E-state index >= 15 is 0 Å². The highest BCUT2D eigenvalue weighted by Gasteiger charge is 2.25. The van der Waals surface area contributed by atoms with Gasteiger partial charge >= 0.3 is 0 Å². The lowest BCUT2D eigenvalue weighted by atomic mass is 10.1. The van der Waals surface area contributed by atoms with Crippen LogP contribution in [0.25, 0.3) is 21.7 Å². The summed E-state index contributed by atoms with van der Waals surface area (Å²) in [5.74, 6) is 0. The number of aromatic nitrogens is 2. The summed E-state index contributed by atoms with van der Waals surface area (Å²) >= 11 is 0. The maximum absolute atomic E-state index is 13.6. The van der Waals surface area contributed by atoms with E-state index in [2.05, 4.69) is 27.0 Å². The molecule has 1 aliphatic rings. The van der Waals surface area contributed by atoms with Gasteiger partial charge in [-0.05, 0) is 36.7 Å². The van der Waals surface area contributed by atoms with Crippen molar-refractivity contribution in [2.24, 2.45) is 0 Å². The Kier molecular flexibility index (Phi) is 5.44. The van der Waals surface area contributed by atoms with Gasteiger partial charge in [-0.3, -0.25) is 5.10 Å². The van der Waals surface area contributed by atoms with E-state index in [0.717, 1.165) is 37.3 Å². The number of nitrogens with one attached hydrogen (secondary N) is 1. The van der Waals surface area contributed by atoms with Crippen LogP contribution in [0.1, 0.15) is 0 Å². The molecule has 6 nitrogen and oxygen atoms in total. The lowest BCUT2D eigenvalue weighted by Gasteiger charge is -2.34. The number of anilines is 1. The molecule has 0 spiro atoms. The van der Waals surface area contributed by atoms with E-state index in [9.17, 15) is 8.42 Å². The number of halogens is 1. The van der Waals surface area contributed by atoms with E-state index in [-0.39, 0.29) is 17.4 Å². The molecule has 4 aromatic rings. The Bertz CT molecular complexity index is 1310. The lowest BCUT2D eigenvalue weighted by Crippen LogP contribution is -2.44. The normalized spacial score (nSPS) is 15.4. The predicted octanol–water partition coefficient (Wildman–Crippen LogP) is 3.72. The molecular weight excluding hydrogens is 420 g/mol. The van der Waals surface area contributed by atoms with E-state index < -0.39 is 9.84 Å². The van der Waals surface area contributed by atoms with Crippen LogP contribution in [0.3, 0.4) is 0 Å². The first-order chi connectivity index (χ1) is 14.0. The molecule has 2 heterocycles. The van der Waals surface area contributed by atoms with Crippen molar-refractivity contribution in [2.75, 3.05) is 38.1 Å². The lowest BCUT2D eigenvalue weighted by molar-refractivity contribution is 0.313. The first-order valence-corrected chi connectivity index (χ1v) is 11.2. The van der Waals surface area contributed by atoms with Gasteiger partial charge in [0.15, 0.2) is 5.03 Å².